The summed E-state index contributed by atoms with van der Waals surface area (Å²) in [6.45, 7) is 0. The van der Waals surface area contributed by atoms with Crippen molar-refractivity contribution in [2.45, 2.75) is 0 Å². The Bertz CT molecular complexity index is 3200. The van der Waals surface area contributed by atoms with E-state index in [4.69, 9.17) is 0 Å². The molecule has 0 atom stereocenters. The molecule has 11 rings (SSSR count). The lowest BCUT2D eigenvalue weighted by Crippen LogP contribution is -1.96. The highest BCUT2D eigenvalue weighted by Crippen LogP contribution is 2.40. The molecule has 2 nitrogen and oxygen atoms in total. The van der Waals surface area contributed by atoms with E-state index in [1.54, 1.807) is 0 Å². The predicted octanol–water partition coefficient (Wildman–Crippen LogP) is 14.0. The van der Waals surface area contributed by atoms with Gasteiger partial charge in [-0.25, -0.2) is 0 Å². The third kappa shape index (κ3) is 4.81. The summed E-state index contributed by atoms with van der Waals surface area (Å²) in [6.07, 6.45) is 0. The molecule has 0 aliphatic rings. The molecule has 9 aromatic carbocycles. The second kappa shape index (κ2) is 12.2. The van der Waals surface area contributed by atoms with Crippen LogP contribution in [0.15, 0.2) is 206 Å². The van der Waals surface area contributed by atoms with Gasteiger partial charge in [0.25, 0.3) is 0 Å². The number of hydrogen-bond donors (Lipinski definition) is 0. The van der Waals surface area contributed by atoms with Crippen LogP contribution in [0.5, 0.6) is 0 Å². The van der Waals surface area contributed by atoms with Crippen molar-refractivity contribution >= 4 is 54.4 Å². The molecule has 0 saturated carbocycles. The smallest absolute Gasteiger partial charge is 0.0541 e. The number of para-hydroxylation sites is 2. The second-order valence-corrected chi connectivity index (χ2v) is 14.2. The van der Waals surface area contributed by atoms with Crippen molar-refractivity contribution in [1.29, 1.82) is 0 Å². The number of benzene rings is 9. The molecule has 11 aromatic rings. The molecule has 0 bridgehead atoms. The van der Waals surface area contributed by atoms with Gasteiger partial charge >= 0.3 is 0 Å². The highest BCUT2D eigenvalue weighted by molar-refractivity contribution is 6.13. The summed E-state index contributed by atoms with van der Waals surface area (Å²) in [4.78, 5) is 0. The highest BCUT2D eigenvalue weighted by Gasteiger charge is 2.18. The summed E-state index contributed by atoms with van der Waals surface area (Å²) >= 11 is 0. The van der Waals surface area contributed by atoms with Gasteiger partial charge in [0.1, 0.15) is 0 Å². The van der Waals surface area contributed by atoms with E-state index in [9.17, 15) is 0 Å². The Balaban J connectivity index is 1.08. The first-order valence-corrected chi connectivity index (χ1v) is 18.6. The minimum absolute atomic E-state index is 1.15. The molecule has 0 radical (unpaired) electrons. The van der Waals surface area contributed by atoms with Crippen LogP contribution < -0.4 is 0 Å². The zero-order valence-electron chi connectivity index (χ0n) is 29.5. The molecule has 0 amide bonds. The second-order valence-electron chi connectivity index (χ2n) is 14.2. The fourth-order valence-corrected chi connectivity index (χ4v) is 8.57. The molecule has 0 N–H and O–H groups in total. The lowest BCUT2D eigenvalue weighted by atomic mass is 9.94. The van der Waals surface area contributed by atoms with E-state index >= 15 is 0 Å². The zero-order valence-corrected chi connectivity index (χ0v) is 29.5. The number of rotatable bonds is 5. The maximum Gasteiger partial charge on any atom is 0.0541 e. The molecule has 2 heteroatoms. The fraction of sp³-hybridized carbons (Fsp3) is 0. The maximum atomic E-state index is 2.43. The Hall–Kier alpha value is -7.16. The molecule has 0 unspecified atom stereocenters. The van der Waals surface area contributed by atoms with Crippen molar-refractivity contribution in [3.63, 3.8) is 0 Å². The van der Waals surface area contributed by atoms with Crippen LogP contribution in [0.25, 0.3) is 99.1 Å². The van der Waals surface area contributed by atoms with E-state index in [0.717, 1.165) is 5.69 Å². The monoisotopic (exact) mass is 686 g/mol. The van der Waals surface area contributed by atoms with Crippen molar-refractivity contribution in [2.75, 3.05) is 0 Å². The largest absolute Gasteiger partial charge is 0.309 e. The molecule has 0 aliphatic carbocycles. The number of aromatic nitrogens is 2. The molecule has 0 spiro atoms. The Kier molecular flexibility index (Phi) is 6.90. The van der Waals surface area contributed by atoms with Gasteiger partial charge in [-0.2, -0.15) is 0 Å². The van der Waals surface area contributed by atoms with E-state index in [0.29, 0.717) is 0 Å². The predicted molar refractivity (Wildman–Crippen MR) is 229 cm³/mol. The van der Waals surface area contributed by atoms with Gasteiger partial charge in [0.15, 0.2) is 0 Å². The lowest BCUT2D eigenvalue weighted by molar-refractivity contribution is 1.18. The van der Waals surface area contributed by atoms with Crippen LogP contribution in [0, 0.1) is 0 Å². The summed E-state index contributed by atoms with van der Waals surface area (Å²) in [5.74, 6) is 0. The summed E-state index contributed by atoms with van der Waals surface area (Å²) < 4.78 is 4.83. The first-order chi connectivity index (χ1) is 26.8. The molecule has 252 valence electrons. The standard InChI is InChI=1S/C52H34N2/c1-3-14-36(15-4-1)43-28-27-42(34-46(43)37-16-5-2-6-17-37)54-50-22-12-10-20-45(50)48-33-40(25-30-52(48)54)39-24-29-51-47(32-39)44-19-9-11-21-49(44)53(51)41-26-23-35-13-7-8-18-38(35)31-41/h1-34H. The van der Waals surface area contributed by atoms with Gasteiger partial charge in [-0.05, 0) is 105 Å². The van der Waals surface area contributed by atoms with Gasteiger partial charge in [0, 0.05) is 32.9 Å². The average Bonchev–Trinajstić information content (AvgIpc) is 3.76. The van der Waals surface area contributed by atoms with Gasteiger partial charge < -0.3 is 9.13 Å². The molecule has 2 aromatic heterocycles. The fourth-order valence-electron chi connectivity index (χ4n) is 8.57. The van der Waals surface area contributed by atoms with Crippen molar-refractivity contribution in [3.8, 4) is 44.8 Å². The molecule has 0 aliphatic heterocycles. The maximum absolute atomic E-state index is 2.43. The quantitative estimate of drug-likeness (QED) is 0.171. The van der Waals surface area contributed by atoms with E-state index in [1.807, 2.05) is 0 Å². The van der Waals surface area contributed by atoms with E-state index < -0.39 is 0 Å². The summed E-state index contributed by atoms with van der Waals surface area (Å²) in [5, 5.41) is 7.50. The van der Waals surface area contributed by atoms with E-state index in [1.165, 1.54) is 93.5 Å². The summed E-state index contributed by atoms with van der Waals surface area (Å²) in [5.41, 5.74) is 14.4. The van der Waals surface area contributed by atoms with Gasteiger partial charge in [-0.1, -0.05) is 146 Å². The van der Waals surface area contributed by atoms with Gasteiger partial charge in [-0.15, -0.1) is 0 Å². The van der Waals surface area contributed by atoms with Crippen LogP contribution in [-0.4, -0.2) is 9.13 Å². The van der Waals surface area contributed by atoms with Gasteiger partial charge in [0.2, 0.25) is 0 Å². The third-order valence-electron chi connectivity index (χ3n) is 11.1. The summed E-state index contributed by atoms with van der Waals surface area (Å²) in [7, 11) is 0. The van der Waals surface area contributed by atoms with Gasteiger partial charge in [0.05, 0.1) is 22.1 Å². The first-order valence-electron chi connectivity index (χ1n) is 18.6. The van der Waals surface area contributed by atoms with Crippen LogP contribution in [0.4, 0.5) is 0 Å². The van der Waals surface area contributed by atoms with Crippen LogP contribution in [-0.2, 0) is 0 Å². The SMILES string of the molecule is c1ccc(-c2ccc(-n3c4ccccc4c4cc(-c5ccc6c(c5)c5ccccc5n6-c5ccc6ccccc6c5)ccc43)cc2-c2ccccc2)cc1. The Labute approximate surface area is 313 Å². The molecule has 0 fully saturated rings. The highest BCUT2D eigenvalue weighted by atomic mass is 15.0. The van der Waals surface area contributed by atoms with E-state index in [-0.39, 0.29) is 0 Å². The minimum atomic E-state index is 1.15. The third-order valence-corrected chi connectivity index (χ3v) is 11.1. The van der Waals surface area contributed by atoms with Crippen LogP contribution in [0.3, 0.4) is 0 Å². The lowest BCUT2D eigenvalue weighted by Gasteiger charge is -2.15. The molecule has 2 heterocycles. The molecule has 54 heavy (non-hydrogen) atoms. The zero-order chi connectivity index (χ0) is 35.6. The van der Waals surface area contributed by atoms with Crippen molar-refractivity contribution < 1.29 is 0 Å². The Morgan fingerprint density at radius 2 is 0.704 bits per heavy atom. The Morgan fingerprint density at radius 3 is 1.31 bits per heavy atom. The average molecular weight is 687 g/mol. The number of nitrogens with zero attached hydrogens (tertiary/aromatic N) is 2. The van der Waals surface area contributed by atoms with Gasteiger partial charge in [-0.3, -0.25) is 0 Å². The van der Waals surface area contributed by atoms with Crippen molar-refractivity contribution in [3.05, 3.63) is 206 Å². The topological polar surface area (TPSA) is 9.86 Å². The van der Waals surface area contributed by atoms with Crippen LogP contribution in [0.2, 0.25) is 0 Å². The minimum Gasteiger partial charge on any atom is -0.309 e. The van der Waals surface area contributed by atoms with E-state index in [2.05, 4.69) is 215 Å². The normalized spacial score (nSPS) is 11.7. The number of hydrogen-bond acceptors (Lipinski definition) is 0. The first kappa shape index (κ1) is 30.5. The van der Waals surface area contributed by atoms with Crippen LogP contribution in [0.1, 0.15) is 0 Å². The summed E-state index contributed by atoms with van der Waals surface area (Å²) in [6, 6.07) is 75.2. The Morgan fingerprint density at radius 1 is 0.241 bits per heavy atom. The number of fused-ring (bicyclic) bond motifs is 7. The molecular weight excluding hydrogens is 653 g/mol. The van der Waals surface area contributed by atoms with Crippen molar-refractivity contribution in [1.82, 2.24) is 9.13 Å². The molecular formula is C52H34N2. The van der Waals surface area contributed by atoms with Crippen LogP contribution >= 0.6 is 0 Å². The van der Waals surface area contributed by atoms with Crippen molar-refractivity contribution in [2.24, 2.45) is 0 Å². The molecule has 0 saturated heterocycles.